The lowest BCUT2D eigenvalue weighted by Crippen LogP contribution is -2.15. The first-order valence-corrected chi connectivity index (χ1v) is 9.91. The molecule has 2 aliphatic rings. The van der Waals surface area contributed by atoms with Crippen molar-refractivity contribution < 1.29 is 9.53 Å². The van der Waals surface area contributed by atoms with Gasteiger partial charge < -0.3 is 9.30 Å². The Morgan fingerprint density at radius 1 is 1.37 bits per heavy atom. The fourth-order valence-electron chi connectivity index (χ4n) is 4.62. The third-order valence-corrected chi connectivity index (χ3v) is 6.86. The van der Waals surface area contributed by atoms with Gasteiger partial charge >= 0.3 is 5.97 Å². The molecule has 140 valence electrons. The van der Waals surface area contributed by atoms with E-state index in [1.165, 1.54) is 24.8 Å². The molecule has 1 fully saturated rings. The van der Waals surface area contributed by atoms with E-state index >= 15 is 0 Å². The van der Waals surface area contributed by atoms with Crippen LogP contribution < -0.4 is 0 Å². The van der Waals surface area contributed by atoms with E-state index in [2.05, 4.69) is 22.9 Å². The van der Waals surface area contributed by atoms with Crippen molar-refractivity contribution in [2.24, 2.45) is 25.4 Å². The van der Waals surface area contributed by atoms with Crippen molar-refractivity contribution in [3.63, 3.8) is 0 Å². The van der Waals surface area contributed by atoms with Crippen LogP contribution in [0.4, 0.5) is 0 Å². The van der Waals surface area contributed by atoms with Crippen molar-refractivity contribution in [2.75, 3.05) is 7.11 Å². The molecule has 1 saturated carbocycles. The number of fused-ring (bicyclic) bond motifs is 3. The van der Waals surface area contributed by atoms with Crippen LogP contribution in [0.2, 0.25) is 0 Å². The number of ether oxygens (including phenoxy) is 1. The predicted octanol–water partition coefficient (Wildman–Crippen LogP) is 3.65. The molecule has 2 aliphatic carbocycles. The molecule has 5 rings (SSSR count). The fourth-order valence-corrected chi connectivity index (χ4v) is 5.06. The number of hydrogen-bond donors (Lipinski definition) is 0. The molecule has 0 aliphatic heterocycles. The molecule has 1 aromatic carbocycles. The quantitative estimate of drug-likeness (QED) is 0.584. The van der Waals surface area contributed by atoms with Crippen molar-refractivity contribution in [1.82, 2.24) is 19.3 Å². The van der Waals surface area contributed by atoms with Gasteiger partial charge in [-0.3, -0.25) is 4.68 Å². The van der Waals surface area contributed by atoms with Gasteiger partial charge in [-0.1, -0.05) is 22.9 Å². The first kappa shape index (κ1) is 17.0. The van der Waals surface area contributed by atoms with Crippen molar-refractivity contribution >= 4 is 32.9 Å². The average molecular weight is 429 g/mol. The second kappa shape index (κ2) is 5.44. The summed E-state index contributed by atoms with van der Waals surface area (Å²) in [5.41, 5.74) is 6.01. The van der Waals surface area contributed by atoms with Gasteiger partial charge in [-0.15, -0.1) is 0 Å². The fraction of sp³-hybridized carbons (Fsp3) is 0.450. The normalized spacial score (nSPS) is 23.2. The number of methoxy groups -OCH3 is 1. The smallest absolute Gasteiger partial charge is 0.340 e. The van der Waals surface area contributed by atoms with E-state index in [-0.39, 0.29) is 5.97 Å². The molecule has 2 aromatic heterocycles. The van der Waals surface area contributed by atoms with E-state index in [0.717, 1.165) is 40.3 Å². The zero-order valence-electron chi connectivity index (χ0n) is 15.8. The molecule has 0 unspecified atom stereocenters. The Hall–Kier alpha value is -2.15. The number of hydrogen-bond acceptors (Lipinski definition) is 4. The van der Waals surface area contributed by atoms with Crippen molar-refractivity contribution in [2.45, 2.75) is 26.2 Å². The number of carbonyl (C=O) groups is 1. The molecule has 2 atom stereocenters. The number of halogens is 1. The lowest BCUT2D eigenvalue weighted by molar-refractivity contribution is 0.0602. The Kier molecular flexibility index (Phi) is 3.42. The van der Waals surface area contributed by atoms with Crippen LogP contribution in [0, 0.1) is 11.3 Å². The Morgan fingerprint density at radius 2 is 2.15 bits per heavy atom. The highest BCUT2D eigenvalue weighted by atomic mass is 79.9. The summed E-state index contributed by atoms with van der Waals surface area (Å²) < 4.78 is 9.81. The van der Waals surface area contributed by atoms with Gasteiger partial charge in [0, 0.05) is 29.8 Å². The highest BCUT2D eigenvalue weighted by Gasteiger charge is 2.54. The molecule has 0 spiro atoms. The predicted molar refractivity (Wildman–Crippen MR) is 106 cm³/mol. The maximum absolute atomic E-state index is 12.2. The highest BCUT2D eigenvalue weighted by molar-refractivity contribution is 9.10. The zero-order valence-corrected chi connectivity index (χ0v) is 17.4. The Balaban J connectivity index is 1.73. The topological polar surface area (TPSA) is 61.9 Å². The molecular formula is C20H21BrN4O2. The van der Waals surface area contributed by atoms with E-state index in [4.69, 9.17) is 14.8 Å². The number of aryl methyl sites for hydroxylation is 2. The molecule has 3 aromatic rings. The van der Waals surface area contributed by atoms with Gasteiger partial charge in [0.25, 0.3) is 0 Å². The first-order chi connectivity index (χ1) is 12.8. The maximum atomic E-state index is 12.2. The third kappa shape index (κ3) is 2.33. The molecule has 0 amide bonds. The van der Waals surface area contributed by atoms with Crippen molar-refractivity contribution in [1.29, 1.82) is 0 Å². The second-order valence-electron chi connectivity index (χ2n) is 8.14. The number of imidazole rings is 1. The average Bonchev–Trinajstić information content (AvgIpc) is 3.07. The molecule has 0 saturated heterocycles. The minimum Gasteiger partial charge on any atom is -0.465 e. The number of rotatable bonds is 2. The number of benzene rings is 1. The Bertz CT molecular complexity index is 1130. The van der Waals surface area contributed by atoms with Crippen LogP contribution in [0.5, 0.6) is 0 Å². The molecule has 6 nitrogen and oxygen atoms in total. The molecule has 7 heteroatoms. The number of nitrogens with zero attached hydrogens (tertiary/aromatic N) is 4. The summed E-state index contributed by atoms with van der Waals surface area (Å²) in [5, 5.41) is 4.83. The zero-order chi connectivity index (χ0) is 19.1. The number of aromatic nitrogens is 4. The van der Waals surface area contributed by atoms with Crippen LogP contribution in [0.25, 0.3) is 22.6 Å². The molecule has 0 bridgehead atoms. The van der Waals surface area contributed by atoms with Crippen LogP contribution in [-0.2, 0) is 31.7 Å². The highest BCUT2D eigenvalue weighted by Crippen LogP contribution is 2.59. The summed E-state index contributed by atoms with van der Waals surface area (Å²) in [5.74, 6) is 1.17. The van der Waals surface area contributed by atoms with E-state index < -0.39 is 0 Å². The number of esters is 1. The maximum Gasteiger partial charge on any atom is 0.340 e. The Labute approximate surface area is 165 Å². The summed E-state index contributed by atoms with van der Waals surface area (Å²) in [6.45, 7) is 2.38. The van der Waals surface area contributed by atoms with Gasteiger partial charge in [0.15, 0.2) is 5.82 Å². The summed E-state index contributed by atoms with van der Waals surface area (Å²) in [6, 6.07) is 3.74. The molecular weight excluding hydrogens is 408 g/mol. The van der Waals surface area contributed by atoms with Gasteiger partial charge in [0.2, 0.25) is 0 Å². The molecule has 0 radical (unpaired) electrons. The van der Waals surface area contributed by atoms with Gasteiger partial charge in [-0.2, -0.15) is 5.10 Å². The van der Waals surface area contributed by atoms with E-state index in [0.29, 0.717) is 16.5 Å². The van der Waals surface area contributed by atoms with E-state index in [1.54, 1.807) is 6.07 Å². The monoisotopic (exact) mass is 428 g/mol. The SMILES string of the molecule is COC(=O)c1cc(Br)cc2c1nc(-c1nn(C)c3c1C[C@@H]1C[C@]1(C)C3)n2C. The Morgan fingerprint density at radius 3 is 2.89 bits per heavy atom. The van der Waals surface area contributed by atoms with Crippen LogP contribution in [0.3, 0.4) is 0 Å². The van der Waals surface area contributed by atoms with Crippen LogP contribution in [0.1, 0.15) is 35.0 Å². The van der Waals surface area contributed by atoms with Crippen molar-refractivity contribution in [3.8, 4) is 11.5 Å². The summed E-state index contributed by atoms with van der Waals surface area (Å²) in [7, 11) is 5.39. The van der Waals surface area contributed by atoms with Crippen molar-refractivity contribution in [3.05, 3.63) is 33.4 Å². The second-order valence-corrected chi connectivity index (χ2v) is 9.06. The molecule has 27 heavy (non-hydrogen) atoms. The third-order valence-electron chi connectivity index (χ3n) is 6.40. The van der Waals surface area contributed by atoms with E-state index in [1.807, 2.05) is 29.4 Å². The summed E-state index contributed by atoms with van der Waals surface area (Å²) in [4.78, 5) is 17.1. The summed E-state index contributed by atoms with van der Waals surface area (Å²) >= 11 is 3.50. The standard InChI is InChI=1S/C20H21BrN4O2/c1-20-8-10(20)5-12-15(9-20)25(3)23-17(12)18-22-16-13(19(26)27-4)6-11(21)7-14(16)24(18)2/h6-7,10H,5,8-9H2,1-4H3/t10-,20-/m1/s1. The van der Waals surface area contributed by atoms with Gasteiger partial charge in [0.1, 0.15) is 11.2 Å². The molecule has 0 N–H and O–H groups in total. The molecule has 2 heterocycles. The summed E-state index contributed by atoms with van der Waals surface area (Å²) in [6.07, 6.45) is 3.44. The minimum absolute atomic E-state index is 0.386. The van der Waals surface area contributed by atoms with Gasteiger partial charge in [-0.05, 0) is 42.7 Å². The van der Waals surface area contributed by atoms with Crippen LogP contribution in [-0.4, -0.2) is 32.4 Å². The van der Waals surface area contributed by atoms with Crippen LogP contribution in [0.15, 0.2) is 16.6 Å². The lowest BCUT2D eigenvalue weighted by atomic mass is 9.87. The largest absolute Gasteiger partial charge is 0.465 e. The minimum atomic E-state index is -0.386. The lowest BCUT2D eigenvalue weighted by Gasteiger charge is -2.19. The van der Waals surface area contributed by atoms with Crippen LogP contribution >= 0.6 is 15.9 Å². The van der Waals surface area contributed by atoms with E-state index in [9.17, 15) is 4.79 Å². The van der Waals surface area contributed by atoms with Gasteiger partial charge in [-0.25, -0.2) is 9.78 Å². The van der Waals surface area contributed by atoms with Gasteiger partial charge in [0.05, 0.1) is 18.2 Å². The number of carbonyl (C=O) groups excluding carboxylic acids is 1. The first-order valence-electron chi connectivity index (χ1n) is 9.12.